The molecule has 2 aromatic carbocycles. The van der Waals surface area contributed by atoms with Gasteiger partial charge in [-0.05, 0) is 36.4 Å². The third kappa shape index (κ3) is 3.61. The van der Waals surface area contributed by atoms with Crippen molar-refractivity contribution in [3.8, 4) is 0 Å². The molecule has 0 aliphatic rings. The predicted molar refractivity (Wildman–Crippen MR) is 67.8 cm³/mol. The van der Waals surface area contributed by atoms with Crippen molar-refractivity contribution in [3.05, 3.63) is 65.5 Å². The molecule has 0 radical (unpaired) electrons. The fourth-order valence-corrected chi connectivity index (χ4v) is 2.25. The van der Waals surface area contributed by atoms with Gasteiger partial charge < -0.3 is 0 Å². The lowest BCUT2D eigenvalue weighted by molar-refractivity contribution is 0.101. The maximum absolute atomic E-state index is 13.4. The van der Waals surface area contributed by atoms with Gasteiger partial charge in [0.2, 0.25) is 0 Å². The summed E-state index contributed by atoms with van der Waals surface area (Å²) in [6.07, 6.45) is 0. The van der Waals surface area contributed by atoms with Gasteiger partial charge in [0, 0.05) is 11.0 Å². The van der Waals surface area contributed by atoms with Gasteiger partial charge in [0.05, 0.1) is 11.3 Å². The van der Waals surface area contributed by atoms with Crippen LogP contribution in [0.4, 0.5) is 13.2 Å². The van der Waals surface area contributed by atoms with Gasteiger partial charge in [-0.1, -0.05) is 0 Å². The number of hydrogen-bond acceptors (Lipinski definition) is 2. The minimum absolute atomic E-state index is 0.00812. The normalized spacial score (nSPS) is 10.5. The number of carbonyl (C=O) groups excluding carboxylic acids is 1. The number of benzene rings is 2. The fraction of sp³-hybridized carbons (Fsp3) is 0.0714. The van der Waals surface area contributed by atoms with E-state index in [1.54, 1.807) is 0 Å². The van der Waals surface area contributed by atoms with Crippen LogP contribution in [0.3, 0.4) is 0 Å². The molecule has 0 aromatic heterocycles. The molecule has 98 valence electrons. The molecule has 0 unspecified atom stereocenters. The summed E-state index contributed by atoms with van der Waals surface area (Å²) in [6.45, 7) is 0. The molecule has 2 rings (SSSR count). The van der Waals surface area contributed by atoms with Gasteiger partial charge in [-0.3, -0.25) is 4.79 Å². The molecule has 0 amide bonds. The first-order valence-corrected chi connectivity index (χ1v) is 6.41. The first-order chi connectivity index (χ1) is 9.06. The van der Waals surface area contributed by atoms with Crippen LogP contribution in [0, 0.1) is 17.5 Å². The average Bonchev–Trinajstić information content (AvgIpc) is 2.37. The molecule has 1 nitrogen and oxygen atoms in total. The fourth-order valence-electron chi connectivity index (χ4n) is 1.47. The summed E-state index contributed by atoms with van der Waals surface area (Å²) in [6, 6.07) is 8.48. The van der Waals surface area contributed by atoms with Crippen LogP contribution in [0.2, 0.25) is 0 Å². The molecule has 0 aliphatic heterocycles. The second-order valence-corrected chi connectivity index (χ2v) is 4.84. The van der Waals surface area contributed by atoms with E-state index >= 15 is 0 Å². The minimum atomic E-state index is -0.871. The molecule has 0 atom stereocenters. The van der Waals surface area contributed by atoms with Crippen molar-refractivity contribution in [1.82, 2.24) is 0 Å². The molecule has 19 heavy (non-hydrogen) atoms. The van der Waals surface area contributed by atoms with Crippen molar-refractivity contribution in [2.24, 2.45) is 0 Å². The van der Waals surface area contributed by atoms with Gasteiger partial charge in [0.15, 0.2) is 5.78 Å². The first-order valence-electron chi connectivity index (χ1n) is 5.43. The summed E-state index contributed by atoms with van der Waals surface area (Å²) >= 11 is 1.17. The average molecular weight is 282 g/mol. The maximum Gasteiger partial charge on any atom is 0.176 e. The number of rotatable bonds is 4. The molecular formula is C14H9F3OS. The third-order valence-electron chi connectivity index (χ3n) is 2.42. The molecule has 5 heteroatoms. The standard InChI is InChI=1S/C14H9F3OS/c15-9-1-4-11(5-2-9)19-8-14(18)12-6-3-10(16)7-13(12)17/h1-7H,8H2. The van der Waals surface area contributed by atoms with Gasteiger partial charge in [0.25, 0.3) is 0 Å². The highest BCUT2D eigenvalue weighted by molar-refractivity contribution is 8.00. The zero-order valence-corrected chi connectivity index (χ0v) is 10.5. The van der Waals surface area contributed by atoms with Crippen LogP contribution in [0.15, 0.2) is 47.4 Å². The Labute approximate surface area is 112 Å². The van der Waals surface area contributed by atoms with Crippen molar-refractivity contribution >= 4 is 17.5 Å². The maximum atomic E-state index is 13.4. The molecule has 0 bridgehead atoms. The largest absolute Gasteiger partial charge is 0.293 e. The van der Waals surface area contributed by atoms with Crippen LogP contribution in [0.25, 0.3) is 0 Å². The molecule has 0 spiro atoms. The zero-order valence-electron chi connectivity index (χ0n) is 9.70. The van der Waals surface area contributed by atoms with Crippen molar-refractivity contribution in [3.63, 3.8) is 0 Å². The van der Waals surface area contributed by atoms with Gasteiger partial charge in [-0.15, -0.1) is 11.8 Å². The molecule has 0 saturated carbocycles. The van der Waals surface area contributed by atoms with E-state index in [1.165, 1.54) is 36.0 Å². The zero-order chi connectivity index (χ0) is 13.8. The van der Waals surface area contributed by atoms with Gasteiger partial charge in [0.1, 0.15) is 17.5 Å². The summed E-state index contributed by atoms with van der Waals surface area (Å²) < 4.78 is 38.7. The van der Waals surface area contributed by atoms with E-state index in [4.69, 9.17) is 0 Å². The number of thioether (sulfide) groups is 1. The van der Waals surface area contributed by atoms with Crippen molar-refractivity contribution in [2.75, 3.05) is 5.75 Å². The quantitative estimate of drug-likeness (QED) is 0.621. The van der Waals surface area contributed by atoms with Crippen LogP contribution >= 0.6 is 11.8 Å². The molecule has 0 N–H and O–H groups in total. The summed E-state index contributed by atoms with van der Waals surface area (Å²) in [5, 5.41) is 0. The summed E-state index contributed by atoms with van der Waals surface area (Å²) in [5.41, 5.74) is -0.143. The third-order valence-corrected chi connectivity index (χ3v) is 3.43. The number of Topliss-reactive ketones (excluding diaryl/α,β-unsaturated/α-hetero) is 1. The molecule has 0 aliphatic carbocycles. The number of carbonyl (C=O) groups is 1. The Bertz CT molecular complexity index is 596. The Balaban J connectivity index is 2.03. The van der Waals surface area contributed by atoms with E-state index in [0.717, 1.165) is 12.1 Å². The van der Waals surface area contributed by atoms with E-state index in [-0.39, 0.29) is 17.1 Å². The van der Waals surface area contributed by atoms with E-state index in [9.17, 15) is 18.0 Å². The molecule has 0 fully saturated rings. The Morgan fingerprint density at radius 1 is 0.947 bits per heavy atom. The van der Waals surface area contributed by atoms with E-state index in [2.05, 4.69) is 0 Å². The van der Waals surface area contributed by atoms with Crippen molar-refractivity contribution in [2.45, 2.75) is 4.90 Å². The van der Waals surface area contributed by atoms with Crippen LogP contribution in [-0.2, 0) is 0 Å². The lowest BCUT2D eigenvalue weighted by atomic mass is 10.1. The van der Waals surface area contributed by atoms with Crippen LogP contribution < -0.4 is 0 Å². The number of halogens is 3. The Hall–Kier alpha value is -1.75. The number of ketones is 1. The highest BCUT2D eigenvalue weighted by atomic mass is 32.2. The molecule has 0 saturated heterocycles. The van der Waals surface area contributed by atoms with E-state index in [0.29, 0.717) is 11.0 Å². The first kappa shape index (κ1) is 13.7. The molecule has 0 heterocycles. The van der Waals surface area contributed by atoms with Gasteiger partial charge >= 0.3 is 0 Å². The highest BCUT2D eigenvalue weighted by Gasteiger charge is 2.12. The smallest absolute Gasteiger partial charge is 0.176 e. The summed E-state index contributed by atoms with van der Waals surface area (Å²) in [5.74, 6) is -2.38. The van der Waals surface area contributed by atoms with E-state index < -0.39 is 17.4 Å². The lowest BCUT2D eigenvalue weighted by Crippen LogP contribution is -2.05. The Kier molecular flexibility index (Phi) is 4.27. The Morgan fingerprint density at radius 2 is 1.58 bits per heavy atom. The van der Waals surface area contributed by atoms with Gasteiger partial charge in [-0.25, -0.2) is 13.2 Å². The van der Waals surface area contributed by atoms with Gasteiger partial charge in [-0.2, -0.15) is 0 Å². The van der Waals surface area contributed by atoms with Crippen LogP contribution in [-0.4, -0.2) is 11.5 Å². The SMILES string of the molecule is O=C(CSc1ccc(F)cc1)c1ccc(F)cc1F. The van der Waals surface area contributed by atoms with E-state index in [1.807, 2.05) is 0 Å². The lowest BCUT2D eigenvalue weighted by Gasteiger charge is -2.03. The molecule has 2 aromatic rings. The highest BCUT2D eigenvalue weighted by Crippen LogP contribution is 2.20. The van der Waals surface area contributed by atoms with Crippen molar-refractivity contribution in [1.29, 1.82) is 0 Å². The second kappa shape index (κ2) is 5.93. The summed E-state index contributed by atoms with van der Waals surface area (Å²) in [7, 11) is 0. The topological polar surface area (TPSA) is 17.1 Å². The van der Waals surface area contributed by atoms with Crippen LogP contribution in [0.1, 0.15) is 10.4 Å². The minimum Gasteiger partial charge on any atom is -0.293 e. The monoisotopic (exact) mass is 282 g/mol. The second-order valence-electron chi connectivity index (χ2n) is 3.79. The number of hydrogen-bond donors (Lipinski definition) is 0. The van der Waals surface area contributed by atoms with Crippen molar-refractivity contribution < 1.29 is 18.0 Å². The Morgan fingerprint density at radius 3 is 2.21 bits per heavy atom. The predicted octanol–water partition coefficient (Wildman–Crippen LogP) is 4.08. The van der Waals surface area contributed by atoms with Crippen LogP contribution in [0.5, 0.6) is 0 Å². The molecular weight excluding hydrogens is 273 g/mol. The summed E-state index contributed by atoms with van der Waals surface area (Å²) in [4.78, 5) is 12.5.